The van der Waals surface area contributed by atoms with Crippen molar-refractivity contribution in [2.24, 2.45) is 13.0 Å². The summed E-state index contributed by atoms with van der Waals surface area (Å²) in [6, 6.07) is 2.24. The van der Waals surface area contributed by atoms with Gasteiger partial charge >= 0.3 is 0 Å². The van der Waals surface area contributed by atoms with E-state index in [1.807, 2.05) is 17.9 Å². The van der Waals surface area contributed by atoms with Crippen LogP contribution in [0, 0.1) is 5.92 Å². The number of nitrogens with zero attached hydrogens (tertiary/aromatic N) is 4. The molecule has 1 fully saturated rings. The number of nitrogen functional groups attached to an aromatic ring is 1. The van der Waals surface area contributed by atoms with Gasteiger partial charge in [0, 0.05) is 25.4 Å². The van der Waals surface area contributed by atoms with E-state index in [9.17, 15) is 0 Å². The average molecular weight is 272 g/mol. The smallest absolute Gasteiger partial charge is 0.131 e. The fourth-order valence-electron chi connectivity index (χ4n) is 2.99. The molecule has 106 valence electrons. The van der Waals surface area contributed by atoms with Crippen molar-refractivity contribution in [1.82, 2.24) is 19.7 Å². The molecule has 0 spiro atoms. The number of aryl methyl sites for hydroxylation is 1. The molecule has 20 heavy (non-hydrogen) atoms. The number of nitrogens with two attached hydrogens (primary N) is 1. The first-order chi connectivity index (χ1) is 9.70. The fraction of sp³-hybridized carbons (Fsp3) is 0.500. The van der Waals surface area contributed by atoms with Crippen molar-refractivity contribution in [3.63, 3.8) is 0 Å². The third-order valence-electron chi connectivity index (χ3n) is 3.94. The highest BCUT2D eigenvalue weighted by atomic mass is 15.2. The summed E-state index contributed by atoms with van der Waals surface area (Å²) in [5.41, 5.74) is 6.99. The van der Waals surface area contributed by atoms with Gasteiger partial charge in [-0.2, -0.15) is 5.10 Å². The molecule has 0 aromatic carbocycles. The largest absolute Gasteiger partial charge is 0.384 e. The summed E-state index contributed by atoms with van der Waals surface area (Å²) in [4.78, 5) is 8.15. The molecule has 2 aromatic heterocycles. The first-order valence-electron chi connectivity index (χ1n) is 7.02. The third kappa shape index (κ3) is 2.89. The molecule has 6 heteroatoms. The Labute approximate surface area is 118 Å². The van der Waals surface area contributed by atoms with Gasteiger partial charge in [-0.1, -0.05) is 6.42 Å². The van der Waals surface area contributed by atoms with Gasteiger partial charge in [-0.3, -0.25) is 4.68 Å². The highest BCUT2D eigenvalue weighted by Crippen LogP contribution is 2.30. The summed E-state index contributed by atoms with van der Waals surface area (Å²) in [6.07, 6.45) is 10.3. The van der Waals surface area contributed by atoms with Crippen LogP contribution in [0.2, 0.25) is 0 Å². The normalized spacial score (nSPS) is 22.1. The Kier molecular flexibility index (Phi) is 3.54. The number of hydrogen-bond donors (Lipinski definition) is 2. The average Bonchev–Trinajstić information content (AvgIpc) is 3.00. The topological polar surface area (TPSA) is 81.7 Å². The zero-order valence-corrected chi connectivity index (χ0v) is 11.7. The van der Waals surface area contributed by atoms with E-state index in [0.717, 1.165) is 12.2 Å². The highest BCUT2D eigenvalue weighted by molar-refractivity contribution is 5.44. The molecule has 2 unspecified atom stereocenters. The van der Waals surface area contributed by atoms with Crippen molar-refractivity contribution in [2.45, 2.75) is 31.7 Å². The van der Waals surface area contributed by atoms with E-state index in [4.69, 9.17) is 5.73 Å². The molecule has 1 aliphatic rings. The highest BCUT2D eigenvalue weighted by Gasteiger charge is 2.27. The maximum atomic E-state index is 5.69. The zero-order valence-electron chi connectivity index (χ0n) is 11.7. The fourth-order valence-corrected chi connectivity index (χ4v) is 2.99. The minimum absolute atomic E-state index is 0.449. The number of hydrogen-bond acceptors (Lipinski definition) is 5. The van der Waals surface area contributed by atoms with Crippen LogP contribution in [-0.4, -0.2) is 25.8 Å². The molecule has 0 aliphatic heterocycles. The van der Waals surface area contributed by atoms with Gasteiger partial charge < -0.3 is 11.1 Å². The number of anilines is 2. The second kappa shape index (κ2) is 5.48. The van der Waals surface area contributed by atoms with Crippen molar-refractivity contribution < 1.29 is 0 Å². The predicted molar refractivity (Wildman–Crippen MR) is 78.1 cm³/mol. The van der Waals surface area contributed by atoms with Gasteiger partial charge in [0.2, 0.25) is 0 Å². The first kappa shape index (κ1) is 12.9. The SMILES string of the molecule is Cn1cc(CC2CCCC2Nc2cc(N)ncn2)cn1. The van der Waals surface area contributed by atoms with Crippen molar-refractivity contribution in [2.75, 3.05) is 11.1 Å². The third-order valence-corrected chi connectivity index (χ3v) is 3.94. The maximum absolute atomic E-state index is 5.69. The van der Waals surface area contributed by atoms with Gasteiger partial charge in [0.25, 0.3) is 0 Å². The number of nitrogens with one attached hydrogen (secondary N) is 1. The van der Waals surface area contributed by atoms with Gasteiger partial charge in [0.05, 0.1) is 6.20 Å². The Morgan fingerprint density at radius 3 is 3.05 bits per heavy atom. The Hall–Kier alpha value is -2.11. The van der Waals surface area contributed by atoms with Gasteiger partial charge in [0.15, 0.2) is 0 Å². The molecule has 3 N–H and O–H groups in total. The molecule has 3 rings (SSSR count). The van der Waals surface area contributed by atoms with Crippen LogP contribution < -0.4 is 11.1 Å². The Balaban J connectivity index is 1.66. The lowest BCUT2D eigenvalue weighted by molar-refractivity contribution is 0.501. The number of aromatic nitrogens is 4. The lowest BCUT2D eigenvalue weighted by Gasteiger charge is -2.21. The van der Waals surface area contributed by atoms with Crippen molar-refractivity contribution in [1.29, 1.82) is 0 Å². The summed E-state index contributed by atoms with van der Waals surface area (Å²) in [5.74, 6) is 1.94. The summed E-state index contributed by atoms with van der Waals surface area (Å²) in [5, 5.41) is 7.74. The van der Waals surface area contributed by atoms with Crippen LogP contribution in [0.3, 0.4) is 0 Å². The molecule has 2 heterocycles. The van der Waals surface area contributed by atoms with E-state index in [0.29, 0.717) is 17.8 Å². The molecular formula is C14H20N6. The molecule has 0 amide bonds. The van der Waals surface area contributed by atoms with Crippen molar-refractivity contribution in [3.05, 3.63) is 30.4 Å². The van der Waals surface area contributed by atoms with E-state index >= 15 is 0 Å². The molecule has 0 bridgehead atoms. The monoisotopic (exact) mass is 272 g/mol. The van der Waals surface area contributed by atoms with Crippen molar-refractivity contribution in [3.8, 4) is 0 Å². The molecule has 1 saturated carbocycles. The van der Waals surface area contributed by atoms with Crippen LogP contribution in [-0.2, 0) is 13.5 Å². The van der Waals surface area contributed by atoms with E-state index in [1.165, 1.54) is 31.2 Å². The van der Waals surface area contributed by atoms with Gasteiger partial charge in [-0.25, -0.2) is 9.97 Å². The first-order valence-corrected chi connectivity index (χ1v) is 7.02. The van der Waals surface area contributed by atoms with Crippen LogP contribution in [0.1, 0.15) is 24.8 Å². The molecule has 0 saturated heterocycles. The minimum Gasteiger partial charge on any atom is -0.384 e. The summed E-state index contributed by atoms with van der Waals surface area (Å²) < 4.78 is 1.86. The molecule has 1 aliphatic carbocycles. The molecule has 0 radical (unpaired) electrons. The lowest BCUT2D eigenvalue weighted by atomic mass is 9.96. The van der Waals surface area contributed by atoms with Crippen LogP contribution in [0.15, 0.2) is 24.8 Å². The van der Waals surface area contributed by atoms with Gasteiger partial charge in [-0.15, -0.1) is 0 Å². The molecular weight excluding hydrogens is 252 g/mol. The quantitative estimate of drug-likeness (QED) is 0.883. The van der Waals surface area contributed by atoms with Gasteiger partial charge in [-0.05, 0) is 30.7 Å². The van der Waals surface area contributed by atoms with Gasteiger partial charge in [0.1, 0.15) is 18.0 Å². The molecule has 2 aromatic rings. The summed E-state index contributed by atoms with van der Waals surface area (Å²) >= 11 is 0. The molecule has 2 atom stereocenters. The van der Waals surface area contributed by atoms with E-state index in [2.05, 4.69) is 26.6 Å². The lowest BCUT2D eigenvalue weighted by Crippen LogP contribution is -2.26. The van der Waals surface area contributed by atoms with Crippen LogP contribution in [0.25, 0.3) is 0 Å². The standard InChI is InChI=1S/C14H20N6/c1-20-8-10(7-18-20)5-11-3-2-4-12(11)19-14-6-13(15)16-9-17-14/h6-9,11-12H,2-5H2,1H3,(H3,15,16,17,19). The Bertz CT molecular complexity index is 579. The number of rotatable bonds is 4. The Morgan fingerprint density at radius 2 is 2.30 bits per heavy atom. The van der Waals surface area contributed by atoms with Crippen LogP contribution in [0.5, 0.6) is 0 Å². The van der Waals surface area contributed by atoms with Crippen LogP contribution in [0.4, 0.5) is 11.6 Å². The van der Waals surface area contributed by atoms with E-state index in [-0.39, 0.29) is 0 Å². The predicted octanol–water partition coefficient (Wildman–Crippen LogP) is 1.62. The Morgan fingerprint density at radius 1 is 1.40 bits per heavy atom. The van der Waals surface area contributed by atoms with E-state index in [1.54, 1.807) is 6.07 Å². The second-order valence-corrected chi connectivity index (χ2v) is 5.50. The van der Waals surface area contributed by atoms with E-state index < -0.39 is 0 Å². The molecule has 6 nitrogen and oxygen atoms in total. The van der Waals surface area contributed by atoms with Crippen molar-refractivity contribution >= 4 is 11.6 Å². The van der Waals surface area contributed by atoms with Crippen LogP contribution >= 0.6 is 0 Å². The summed E-state index contributed by atoms with van der Waals surface area (Å²) in [6.45, 7) is 0. The zero-order chi connectivity index (χ0) is 13.9. The minimum atomic E-state index is 0.449. The second-order valence-electron chi connectivity index (χ2n) is 5.50. The maximum Gasteiger partial charge on any atom is 0.131 e. The summed E-state index contributed by atoms with van der Waals surface area (Å²) in [7, 11) is 1.96.